The van der Waals surface area contributed by atoms with E-state index in [9.17, 15) is 9.18 Å². The number of para-hydroxylation sites is 1. The van der Waals surface area contributed by atoms with Crippen LogP contribution in [-0.2, 0) is 0 Å². The lowest BCUT2D eigenvalue weighted by molar-refractivity contribution is 0.0937. The van der Waals surface area contributed by atoms with E-state index in [1.54, 1.807) is 6.07 Å². The van der Waals surface area contributed by atoms with Crippen molar-refractivity contribution >= 4 is 40.2 Å². The fourth-order valence-electron chi connectivity index (χ4n) is 4.37. The summed E-state index contributed by atoms with van der Waals surface area (Å²) in [7, 11) is 3.97. The third kappa shape index (κ3) is 5.53. The summed E-state index contributed by atoms with van der Waals surface area (Å²) in [6.45, 7) is 1.36. The Morgan fingerprint density at radius 3 is 2.45 bits per heavy atom. The summed E-state index contributed by atoms with van der Waals surface area (Å²) in [5.41, 5.74) is 0.919. The molecule has 3 aromatic rings. The highest BCUT2D eigenvalue weighted by molar-refractivity contribution is 6.31. The Morgan fingerprint density at radius 1 is 1.03 bits per heavy atom. The van der Waals surface area contributed by atoms with E-state index in [-0.39, 0.29) is 10.6 Å². The minimum absolute atomic E-state index is 0.00661. The normalized spacial score (nSPS) is 18.2. The average molecular weight is 470 g/mol. The Hall–Kier alpha value is -2.93. The number of carbonyl (C=O) groups is 1. The van der Waals surface area contributed by atoms with Crippen LogP contribution in [0.15, 0.2) is 42.5 Å². The number of amides is 1. The molecule has 6 nitrogen and oxygen atoms in total. The van der Waals surface area contributed by atoms with Crippen molar-refractivity contribution in [1.29, 1.82) is 0 Å². The van der Waals surface area contributed by atoms with E-state index < -0.39 is 11.7 Å². The molecule has 0 spiro atoms. The van der Waals surface area contributed by atoms with Gasteiger partial charge in [-0.2, -0.15) is 4.98 Å². The lowest BCUT2D eigenvalue weighted by atomic mass is 9.82. The molecule has 0 radical (unpaired) electrons. The minimum Gasteiger partial charge on any atom is -0.362 e. The minimum atomic E-state index is -0.667. The first-order valence-corrected chi connectivity index (χ1v) is 11.7. The van der Waals surface area contributed by atoms with Gasteiger partial charge in [-0.05, 0) is 61.8 Å². The van der Waals surface area contributed by atoms with Gasteiger partial charge in [0.05, 0.1) is 16.1 Å². The van der Waals surface area contributed by atoms with Crippen LogP contribution in [0.2, 0.25) is 5.02 Å². The zero-order chi connectivity index (χ0) is 23.4. The largest absolute Gasteiger partial charge is 0.362 e. The van der Waals surface area contributed by atoms with Crippen LogP contribution in [0.25, 0.3) is 10.9 Å². The maximum atomic E-state index is 14.0. The van der Waals surface area contributed by atoms with Crippen LogP contribution in [-0.4, -0.2) is 43.1 Å². The number of aromatic nitrogens is 2. The van der Waals surface area contributed by atoms with Gasteiger partial charge in [0.15, 0.2) is 5.82 Å². The Balaban J connectivity index is 1.27. The van der Waals surface area contributed by atoms with Crippen LogP contribution >= 0.6 is 11.6 Å². The fraction of sp³-hybridized carbons (Fsp3) is 0.400. The van der Waals surface area contributed by atoms with Gasteiger partial charge in [0.25, 0.3) is 5.91 Å². The van der Waals surface area contributed by atoms with Gasteiger partial charge in [-0.1, -0.05) is 29.8 Å². The van der Waals surface area contributed by atoms with Crippen molar-refractivity contribution in [3.63, 3.8) is 0 Å². The number of benzene rings is 2. The maximum Gasteiger partial charge on any atom is 0.254 e. The van der Waals surface area contributed by atoms with E-state index >= 15 is 0 Å². The molecule has 1 amide bonds. The SMILES string of the molecule is CN(C)c1nc(NCC2CCC(CNC(=O)c3cccc(Cl)c3F)CC2)nc2ccccc12. The zero-order valence-electron chi connectivity index (χ0n) is 18.9. The zero-order valence-corrected chi connectivity index (χ0v) is 19.7. The molecule has 8 heteroatoms. The smallest absolute Gasteiger partial charge is 0.254 e. The monoisotopic (exact) mass is 469 g/mol. The van der Waals surface area contributed by atoms with Gasteiger partial charge in [0, 0.05) is 32.6 Å². The van der Waals surface area contributed by atoms with Gasteiger partial charge in [0.2, 0.25) is 5.95 Å². The molecule has 33 heavy (non-hydrogen) atoms. The van der Waals surface area contributed by atoms with Gasteiger partial charge >= 0.3 is 0 Å². The van der Waals surface area contributed by atoms with E-state index in [4.69, 9.17) is 16.6 Å². The third-order valence-corrected chi connectivity index (χ3v) is 6.56. The molecule has 0 atom stereocenters. The summed E-state index contributed by atoms with van der Waals surface area (Å²) in [6, 6.07) is 12.5. The molecule has 1 heterocycles. The van der Waals surface area contributed by atoms with Crippen molar-refractivity contribution in [2.45, 2.75) is 25.7 Å². The number of hydrogen-bond acceptors (Lipinski definition) is 5. The second-order valence-corrected chi connectivity index (χ2v) is 9.27. The lowest BCUT2D eigenvalue weighted by Gasteiger charge is -2.29. The Kier molecular flexibility index (Phi) is 7.28. The molecular weight excluding hydrogens is 441 g/mol. The highest BCUT2D eigenvalue weighted by Crippen LogP contribution is 2.29. The van der Waals surface area contributed by atoms with E-state index in [0.717, 1.165) is 48.9 Å². The molecule has 1 aliphatic rings. The van der Waals surface area contributed by atoms with Crippen LogP contribution in [0.5, 0.6) is 0 Å². The molecule has 1 aromatic heterocycles. The Labute approximate surface area is 198 Å². The number of fused-ring (bicyclic) bond motifs is 1. The Morgan fingerprint density at radius 2 is 1.73 bits per heavy atom. The molecule has 1 saturated carbocycles. The number of nitrogens with one attached hydrogen (secondary N) is 2. The van der Waals surface area contributed by atoms with E-state index in [1.165, 1.54) is 12.1 Å². The fourth-order valence-corrected chi connectivity index (χ4v) is 4.54. The first kappa shape index (κ1) is 23.2. The number of hydrogen-bond donors (Lipinski definition) is 2. The number of anilines is 2. The summed E-state index contributed by atoms with van der Waals surface area (Å²) in [4.78, 5) is 23.7. The van der Waals surface area contributed by atoms with Crippen LogP contribution in [0, 0.1) is 17.7 Å². The molecule has 0 aliphatic heterocycles. The molecule has 1 fully saturated rings. The molecule has 4 rings (SSSR count). The highest BCUT2D eigenvalue weighted by atomic mass is 35.5. The molecule has 2 N–H and O–H groups in total. The number of rotatable bonds is 7. The quantitative estimate of drug-likeness (QED) is 0.501. The first-order valence-electron chi connectivity index (χ1n) is 11.3. The van der Waals surface area contributed by atoms with Crippen molar-refractivity contribution < 1.29 is 9.18 Å². The molecule has 0 unspecified atom stereocenters. The van der Waals surface area contributed by atoms with E-state index in [0.29, 0.717) is 24.3 Å². The van der Waals surface area contributed by atoms with Gasteiger partial charge in [0.1, 0.15) is 5.82 Å². The van der Waals surface area contributed by atoms with Gasteiger partial charge < -0.3 is 15.5 Å². The third-order valence-electron chi connectivity index (χ3n) is 6.27. The Bertz CT molecular complexity index is 1130. The molecule has 1 aliphatic carbocycles. The van der Waals surface area contributed by atoms with Crippen molar-refractivity contribution in [3.8, 4) is 0 Å². The number of nitrogens with zero attached hydrogens (tertiary/aromatic N) is 3. The van der Waals surface area contributed by atoms with Crippen molar-refractivity contribution in [2.75, 3.05) is 37.4 Å². The van der Waals surface area contributed by atoms with Crippen molar-refractivity contribution in [1.82, 2.24) is 15.3 Å². The summed E-state index contributed by atoms with van der Waals surface area (Å²) < 4.78 is 14.0. The van der Waals surface area contributed by atoms with Gasteiger partial charge in [-0.25, -0.2) is 9.37 Å². The van der Waals surface area contributed by atoms with E-state index in [1.807, 2.05) is 43.3 Å². The number of halogens is 2. The second kappa shape index (κ2) is 10.3. The maximum absolute atomic E-state index is 14.0. The predicted molar refractivity (Wildman–Crippen MR) is 132 cm³/mol. The van der Waals surface area contributed by atoms with Crippen LogP contribution in [0.4, 0.5) is 16.2 Å². The van der Waals surface area contributed by atoms with Crippen LogP contribution < -0.4 is 15.5 Å². The lowest BCUT2D eigenvalue weighted by Crippen LogP contribution is -2.32. The predicted octanol–water partition coefficient (Wildman–Crippen LogP) is 5.14. The van der Waals surface area contributed by atoms with Crippen LogP contribution in [0.3, 0.4) is 0 Å². The number of carbonyl (C=O) groups excluding carboxylic acids is 1. The molecule has 2 aromatic carbocycles. The summed E-state index contributed by atoms with van der Waals surface area (Å²) in [6.07, 6.45) is 4.17. The molecule has 0 saturated heterocycles. The van der Waals surface area contributed by atoms with Crippen molar-refractivity contribution in [2.24, 2.45) is 11.8 Å². The van der Waals surface area contributed by atoms with Gasteiger partial charge in [-0.3, -0.25) is 4.79 Å². The average Bonchev–Trinajstić information content (AvgIpc) is 2.83. The molecule has 0 bridgehead atoms. The molecular formula is C25H29ClFN5O. The summed E-state index contributed by atoms with van der Waals surface area (Å²) >= 11 is 5.78. The highest BCUT2D eigenvalue weighted by Gasteiger charge is 2.23. The summed E-state index contributed by atoms with van der Waals surface area (Å²) in [5.74, 6) is 1.39. The summed E-state index contributed by atoms with van der Waals surface area (Å²) in [5, 5.41) is 7.29. The van der Waals surface area contributed by atoms with Gasteiger partial charge in [-0.15, -0.1) is 0 Å². The first-order chi connectivity index (χ1) is 15.9. The van der Waals surface area contributed by atoms with Crippen LogP contribution in [0.1, 0.15) is 36.0 Å². The van der Waals surface area contributed by atoms with E-state index in [2.05, 4.69) is 15.6 Å². The van der Waals surface area contributed by atoms with Crippen molar-refractivity contribution in [3.05, 3.63) is 58.9 Å². The second-order valence-electron chi connectivity index (χ2n) is 8.86. The molecule has 174 valence electrons. The standard InChI is InChI=1S/C25H29ClFN5O/c1-32(2)23-18-6-3-4-9-21(18)30-25(31-23)29-15-17-12-10-16(11-13-17)14-28-24(33)19-7-5-8-20(26)22(19)27/h3-9,16-17H,10-15H2,1-2H3,(H,28,33)(H,29,30,31). The topological polar surface area (TPSA) is 70.2 Å².